The molecule has 5 nitrogen and oxygen atoms in total. The molecule has 0 aromatic rings. The molecule has 1 aliphatic heterocycles. The van der Waals surface area contributed by atoms with E-state index in [4.69, 9.17) is 18.3 Å². The van der Waals surface area contributed by atoms with Gasteiger partial charge in [0.25, 0.3) is 0 Å². The van der Waals surface area contributed by atoms with Crippen LogP contribution in [-0.4, -0.2) is 54.6 Å². The highest BCUT2D eigenvalue weighted by atomic mass is 28.4. The summed E-state index contributed by atoms with van der Waals surface area (Å²) in [4.78, 5) is 12.4. The van der Waals surface area contributed by atoms with Gasteiger partial charge in [-0.25, -0.2) is 0 Å². The lowest BCUT2D eigenvalue weighted by Crippen LogP contribution is -2.53. The van der Waals surface area contributed by atoms with Gasteiger partial charge in [-0.3, -0.25) is 4.79 Å². The second-order valence-corrected chi connectivity index (χ2v) is 22.5. The maximum atomic E-state index is 12.4. The summed E-state index contributed by atoms with van der Waals surface area (Å²) in [5, 5.41) is 0.156. The summed E-state index contributed by atoms with van der Waals surface area (Å²) < 4.78 is 25.1. The zero-order chi connectivity index (χ0) is 25.8. The molecule has 0 aromatic heterocycles. The van der Waals surface area contributed by atoms with Crippen molar-refractivity contribution in [1.29, 1.82) is 0 Å². The molecule has 0 spiro atoms. The number of methoxy groups -OCH3 is 1. The number of cyclic esters (lactones) is 1. The second kappa shape index (κ2) is 12.0. The van der Waals surface area contributed by atoms with Crippen molar-refractivity contribution < 1.29 is 23.1 Å². The number of carbonyl (C=O) groups is 1. The maximum absolute atomic E-state index is 12.4. The Balaban J connectivity index is 3.32. The van der Waals surface area contributed by atoms with E-state index < -0.39 is 16.6 Å². The molecule has 0 bridgehead atoms. The molecule has 194 valence electrons. The highest BCUT2D eigenvalue weighted by molar-refractivity contribution is 6.77. The summed E-state index contributed by atoms with van der Waals surface area (Å²) in [6.45, 7) is 27.7. The Morgan fingerprint density at radius 3 is 2.03 bits per heavy atom. The molecule has 1 fully saturated rings. The summed E-state index contributed by atoms with van der Waals surface area (Å²) in [7, 11) is -2.39. The van der Waals surface area contributed by atoms with Crippen LogP contribution in [0.1, 0.15) is 82.1 Å². The van der Waals surface area contributed by atoms with Gasteiger partial charge in [-0.2, -0.15) is 0 Å². The van der Waals surface area contributed by atoms with E-state index in [0.29, 0.717) is 36.1 Å². The van der Waals surface area contributed by atoms with Crippen LogP contribution in [0.3, 0.4) is 0 Å². The van der Waals surface area contributed by atoms with Gasteiger partial charge in [-0.15, -0.1) is 0 Å². The Kier molecular flexibility index (Phi) is 11.1. The minimum absolute atomic E-state index is 0.132. The average molecular weight is 501 g/mol. The molecule has 1 aliphatic rings. The van der Waals surface area contributed by atoms with E-state index in [-0.39, 0.29) is 29.3 Å². The van der Waals surface area contributed by atoms with Crippen LogP contribution >= 0.6 is 0 Å². The van der Waals surface area contributed by atoms with Crippen molar-refractivity contribution in [2.24, 2.45) is 0 Å². The van der Waals surface area contributed by atoms with Gasteiger partial charge in [0, 0.05) is 13.5 Å². The minimum Gasteiger partial charge on any atom is -0.459 e. The van der Waals surface area contributed by atoms with E-state index in [1.165, 1.54) is 0 Å². The third-order valence-corrected chi connectivity index (χ3v) is 18.4. The summed E-state index contributed by atoms with van der Waals surface area (Å²) in [6, 6.07) is 0. The number of hydrogen-bond acceptors (Lipinski definition) is 5. The Morgan fingerprint density at radius 1 is 1.09 bits per heavy atom. The highest BCUT2D eigenvalue weighted by Gasteiger charge is 2.48. The van der Waals surface area contributed by atoms with Crippen LogP contribution < -0.4 is 0 Å². The second-order valence-electron chi connectivity index (χ2n) is 12.3. The number of esters is 1. The van der Waals surface area contributed by atoms with Crippen LogP contribution in [0.25, 0.3) is 0 Å². The Bertz CT molecular complexity index is 642. The SMILES string of the molecule is CO[C@H]1CC(=O)O[C@@H]([C@@H](/C=C(\C)CO[Si](C)(C)C(C)(C)C)O[Si](C(C)C)(C(C)C)C(C)C)C1. The van der Waals surface area contributed by atoms with Crippen molar-refractivity contribution in [1.82, 2.24) is 0 Å². The smallest absolute Gasteiger partial charge is 0.308 e. The van der Waals surface area contributed by atoms with E-state index >= 15 is 0 Å². The first-order valence-electron chi connectivity index (χ1n) is 12.7. The third kappa shape index (κ3) is 7.76. The predicted molar refractivity (Wildman–Crippen MR) is 143 cm³/mol. The van der Waals surface area contributed by atoms with Crippen LogP contribution in [0.5, 0.6) is 0 Å². The Morgan fingerprint density at radius 2 is 1.61 bits per heavy atom. The van der Waals surface area contributed by atoms with Crippen LogP contribution in [0.4, 0.5) is 0 Å². The standard InChI is InChI=1S/C26H52O5Si2/c1-18(2)33(19(3)4,20(5)6)31-24(23-15-22(28-11)16-25(27)30-23)14-21(7)17-29-32(12,13)26(8,9)10/h14,18-20,22-24H,15-17H2,1-13H3/b21-14+/t22-,23-,24-/m1/s1. The van der Waals surface area contributed by atoms with Gasteiger partial charge in [-0.05, 0) is 41.7 Å². The maximum Gasteiger partial charge on any atom is 0.308 e. The molecule has 0 unspecified atom stereocenters. The van der Waals surface area contributed by atoms with Crippen LogP contribution in [0, 0.1) is 0 Å². The van der Waals surface area contributed by atoms with Crippen LogP contribution in [-0.2, 0) is 23.1 Å². The lowest BCUT2D eigenvalue weighted by atomic mass is 10.00. The van der Waals surface area contributed by atoms with Crippen molar-refractivity contribution >= 4 is 22.6 Å². The third-order valence-electron chi connectivity index (χ3n) is 7.84. The molecule has 7 heteroatoms. The van der Waals surface area contributed by atoms with Crippen molar-refractivity contribution in [3.8, 4) is 0 Å². The number of carbonyl (C=O) groups excluding carboxylic acids is 1. The predicted octanol–water partition coefficient (Wildman–Crippen LogP) is 7.24. The van der Waals surface area contributed by atoms with Gasteiger partial charge in [0.15, 0.2) is 8.32 Å². The molecule has 0 aliphatic carbocycles. The highest BCUT2D eigenvalue weighted by Crippen LogP contribution is 2.44. The zero-order valence-electron chi connectivity index (χ0n) is 23.7. The Labute approximate surface area is 206 Å². The van der Waals surface area contributed by atoms with Gasteiger partial charge >= 0.3 is 5.97 Å². The first-order chi connectivity index (χ1) is 15.0. The molecule has 33 heavy (non-hydrogen) atoms. The number of rotatable bonds is 11. The van der Waals surface area contributed by atoms with Crippen molar-refractivity contribution in [3.63, 3.8) is 0 Å². The summed E-state index contributed by atoms with van der Waals surface area (Å²) in [6.07, 6.45) is 2.35. The first-order valence-corrected chi connectivity index (χ1v) is 17.7. The quantitative estimate of drug-likeness (QED) is 0.170. The molecule has 3 atom stereocenters. The lowest BCUT2D eigenvalue weighted by molar-refractivity contribution is -0.167. The number of hydrogen-bond donors (Lipinski definition) is 0. The molecule has 0 radical (unpaired) electrons. The monoisotopic (exact) mass is 500 g/mol. The Hall–Kier alpha value is -0.476. The molecule has 1 saturated heterocycles. The van der Waals surface area contributed by atoms with Crippen molar-refractivity contribution in [2.45, 2.75) is 135 Å². The average Bonchev–Trinajstić information content (AvgIpc) is 2.67. The fourth-order valence-corrected chi connectivity index (χ4v) is 11.4. The van der Waals surface area contributed by atoms with Gasteiger partial charge in [0.1, 0.15) is 12.2 Å². The fourth-order valence-electron chi connectivity index (χ4n) is 4.87. The molecule has 1 heterocycles. The first kappa shape index (κ1) is 30.6. The number of ether oxygens (including phenoxy) is 2. The van der Waals surface area contributed by atoms with E-state index in [2.05, 4.69) is 88.4 Å². The van der Waals surface area contributed by atoms with Gasteiger partial charge in [0.2, 0.25) is 8.32 Å². The van der Waals surface area contributed by atoms with E-state index in [9.17, 15) is 4.79 Å². The summed E-state index contributed by atoms with van der Waals surface area (Å²) in [5.41, 5.74) is 2.44. The molecule has 1 rings (SSSR count). The molecular formula is C26H52O5Si2. The molecule has 0 amide bonds. The molecule has 0 N–H and O–H groups in total. The zero-order valence-corrected chi connectivity index (χ0v) is 25.7. The summed E-state index contributed by atoms with van der Waals surface area (Å²) in [5.74, 6) is -0.207. The molecule has 0 saturated carbocycles. The van der Waals surface area contributed by atoms with Gasteiger partial charge < -0.3 is 18.3 Å². The van der Waals surface area contributed by atoms with Crippen LogP contribution in [0.2, 0.25) is 34.8 Å². The van der Waals surface area contributed by atoms with Crippen molar-refractivity contribution in [2.75, 3.05) is 13.7 Å². The summed E-state index contributed by atoms with van der Waals surface area (Å²) >= 11 is 0. The van der Waals surface area contributed by atoms with Crippen LogP contribution in [0.15, 0.2) is 11.6 Å². The van der Waals surface area contributed by atoms with E-state index in [1.54, 1.807) is 7.11 Å². The largest absolute Gasteiger partial charge is 0.459 e. The minimum atomic E-state index is -2.19. The fraction of sp³-hybridized carbons (Fsp3) is 0.885. The van der Waals surface area contributed by atoms with E-state index in [0.717, 1.165) is 5.57 Å². The normalized spacial score (nSPS) is 22.3. The molecule has 0 aromatic carbocycles. The lowest BCUT2D eigenvalue weighted by Gasteiger charge is -2.46. The topological polar surface area (TPSA) is 54.0 Å². The van der Waals surface area contributed by atoms with E-state index in [1.807, 2.05) is 0 Å². The van der Waals surface area contributed by atoms with Gasteiger partial charge in [-0.1, -0.05) is 74.0 Å². The molecular weight excluding hydrogens is 448 g/mol. The van der Waals surface area contributed by atoms with Crippen molar-refractivity contribution in [3.05, 3.63) is 11.6 Å². The van der Waals surface area contributed by atoms with Gasteiger partial charge in [0.05, 0.1) is 19.1 Å².